The zero-order valence-electron chi connectivity index (χ0n) is 14.0. The predicted octanol–water partition coefficient (Wildman–Crippen LogP) is 4.84. The molecule has 0 spiro atoms. The molecule has 0 bridgehead atoms. The van der Waals surface area contributed by atoms with Crippen molar-refractivity contribution in [3.63, 3.8) is 0 Å². The van der Waals surface area contributed by atoms with Crippen LogP contribution in [0.1, 0.15) is 23.7 Å². The maximum atomic E-state index is 12.1. The monoisotopic (exact) mass is 413 g/mol. The molecule has 2 aromatic carbocycles. The summed E-state index contributed by atoms with van der Waals surface area (Å²) in [6.45, 7) is 2.55. The summed E-state index contributed by atoms with van der Waals surface area (Å²) in [5.41, 5.74) is 1.52. The molecule has 0 aliphatic carbocycles. The van der Waals surface area contributed by atoms with Crippen LogP contribution in [0.5, 0.6) is 0 Å². The molecule has 2 amide bonds. The van der Waals surface area contributed by atoms with Gasteiger partial charge < -0.3 is 16.0 Å². The Kier molecular flexibility index (Phi) is 7.57. The van der Waals surface area contributed by atoms with Gasteiger partial charge in [-0.1, -0.05) is 47.8 Å². The van der Waals surface area contributed by atoms with Gasteiger partial charge in [0.1, 0.15) is 0 Å². The molecule has 138 valence electrons. The normalized spacial score (nSPS) is 10.3. The summed E-state index contributed by atoms with van der Waals surface area (Å²) in [5, 5.41) is 9.45. The fraction of sp³-hybridized carbons (Fsp3) is 0.222. The lowest BCUT2D eigenvalue weighted by molar-refractivity contribution is -0.114. The zero-order chi connectivity index (χ0) is 19.1. The molecule has 0 atom stereocenters. The van der Waals surface area contributed by atoms with Crippen molar-refractivity contribution in [2.24, 2.45) is 0 Å². The van der Waals surface area contributed by atoms with Gasteiger partial charge in [-0.3, -0.25) is 9.59 Å². The molecular weight excluding hydrogens is 397 g/mol. The third kappa shape index (κ3) is 5.80. The van der Waals surface area contributed by atoms with E-state index in [1.807, 2.05) is 6.92 Å². The molecule has 0 aliphatic rings. The number of benzene rings is 2. The smallest absolute Gasteiger partial charge is 0.251 e. The van der Waals surface area contributed by atoms with Gasteiger partial charge in [0.05, 0.1) is 27.3 Å². The van der Waals surface area contributed by atoms with Crippen LogP contribution in [0.25, 0.3) is 0 Å². The molecular formula is C18H18Cl3N3O2. The second-order valence-corrected chi connectivity index (χ2v) is 6.71. The molecule has 0 aromatic heterocycles. The first-order valence-corrected chi connectivity index (χ1v) is 9.10. The average molecular weight is 415 g/mol. The molecule has 5 nitrogen and oxygen atoms in total. The highest BCUT2D eigenvalue weighted by atomic mass is 35.5. The number of carbonyl (C=O) groups excluding carboxylic acids is 2. The van der Waals surface area contributed by atoms with Crippen LogP contribution >= 0.6 is 34.8 Å². The van der Waals surface area contributed by atoms with Crippen LogP contribution in [-0.4, -0.2) is 24.9 Å². The molecule has 0 saturated heterocycles. The molecule has 8 heteroatoms. The number of hydrogen-bond acceptors (Lipinski definition) is 3. The van der Waals surface area contributed by atoms with E-state index in [-0.39, 0.29) is 18.4 Å². The fourth-order valence-corrected chi connectivity index (χ4v) is 2.73. The minimum Gasteiger partial charge on any atom is -0.375 e. The largest absolute Gasteiger partial charge is 0.375 e. The summed E-state index contributed by atoms with van der Waals surface area (Å²) < 4.78 is 0. The minimum absolute atomic E-state index is 0.0239. The summed E-state index contributed by atoms with van der Waals surface area (Å²) in [7, 11) is 0. The lowest BCUT2D eigenvalue weighted by Crippen LogP contribution is -2.25. The summed E-state index contributed by atoms with van der Waals surface area (Å²) in [6, 6.07) is 9.78. The van der Waals surface area contributed by atoms with Crippen molar-refractivity contribution in [3.8, 4) is 0 Å². The van der Waals surface area contributed by atoms with Gasteiger partial charge in [0.2, 0.25) is 5.91 Å². The first-order chi connectivity index (χ1) is 12.4. The SMILES string of the molecule is CCCNC(=O)c1cccc(NC(=O)CNc2cc(Cl)c(Cl)cc2Cl)c1. The first kappa shape index (κ1) is 20.4. The van der Waals surface area contributed by atoms with Crippen molar-refractivity contribution >= 4 is 58.0 Å². The molecule has 0 saturated carbocycles. The van der Waals surface area contributed by atoms with Gasteiger partial charge in [0, 0.05) is 17.8 Å². The molecule has 3 N–H and O–H groups in total. The van der Waals surface area contributed by atoms with Crippen molar-refractivity contribution < 1.29 is 9.59 Å². The third-order valence-corrected chi connectivity index (χ3v) is 4.43. The second-order valence-electron chi connectivity index (χ2n) is 5.48. The van der Waals surface area contributed by atoms with Gasteiger partial charge >= 0.3 is 0 Å². The van der Waals surface area contributed by atoms with Crippen molar-refractivity contribution in [3.05, 3.63) is 57.0 Å². The lowest BCUT2D eigenvalue weighted by atomic mass is 10.2. The molecule has 2 aromatic rings. The van der Waals surface area contributed by atoms with E-state index >= 15 is 0 Å². The maximum Gasteiger partial charge on any atom is 0.251 e. The Balaban J connectivity index is 1.96. The van der Waals surface area contributed by atoms with E-state index in [0.717, 1.165) is 6.42 Å². The van der Waals surface area contributed by atoms with E-state index < -0.39 is 0 Å². The Morgan fingerprint density at radius 1 is 1.00 bits per heavy atom. The average Bonchev–Trinajstić information content (AvgIpc) is 2.61. The van der Waals surface area contributed by atoms with Crippen LogP contribution in [0.2, 0.25) is 15.1 Å². The summed E-state index contributed by atoms with van der Waals surface area (Å²) in [4.78, 5) is 24.1. The van der Waals surface area contributed by atoms with E-state index in [0.29, 0.717) is 38.6 Å². The van der Waals surface area contributed by atoms with Gasteiger partial charge in [-0.05, 0) is 36.8 Å². The summed E-state index contributed by atoms with van der Waals surface area (Å²) in [5.74, 6) is -0.470. The minimum atomic E-state index is -0.293. The van der Waals surface area contributed by atoms with Crippen LogP contribution in [0.4, 0.5) is 11.4 Å². The second kappa shape index (κ2) is 9.67. The van der Waals surface area contributed by atoms with Crippen molar-refractivity contribution in [2.75, 3.05) is 23.7 Å². The van der Waals surface area contributed by atoms with Gasteiger partial charge in [-0.2, -0.15) is 0 Å². The number of rotatable bonds is 7. The molecule has 2 rings (SSSR count). The maximum absolute atomic E-state index is 12.1. The molecule has 26 heavy (non-hydrogen) atoms. The van der Waals surface area contributed by atoms with E-state index in [1.54, 1.807) is 30.3 Å². The van der Waals surface area contributed by atoms with E-state index in [2.05, 4.69) is 16.0 Å². The number of amides is 2. The van der Waals surface area contributed by atoms with Gasteiger partial charge in [0.15, 0.2) is 0 Å². The van der Waals surface area contributed by atoms with Crippen molar-refractivity contribution in [1.82, 2.24) is 5.32 Å². The highest BCUT2D eigenvalue weighted by molar-refractivity contribution is 6.44. The molecule has 0 fully saturated rings. The van der Waals surface area contributed by atoms with E-state index in [4.69, 9.17) is 34.8 Å². The Morgan fingerprint density at radius 3 is 2.46 bits per heavy atom. The molecule has 0 heterocycles. The van der Waals surface area contributed by atoms with Crippen LogP contribution in [-0.2, 0) is 4.79 Å². The Morgan fingerprint density at radius 2 is 1.73 bits per heavy atom. The lowest BCUT2D eigenvalue weighted by Gasteiger charge is -2.11. The van der Waals surface area contributed by atoms with Crippen LogP contribution in [0.15, 0.2) is 36.4 Å². The standard InChI is InChI=1S/C18H18Cl3N3O2/c1-2-6-22-18(26)11-4-3-5-12(7-11)24-17(25)10-23-16-9-14(20)13(19)8-15(16)21/h3-5,7-9,23H,2,6,10H2,1H3,(H,22,26)(H,24,25). The summed E-state index contributed by atoms with van der Waals surface area (Å²) >= 11 is 17.9. The fourth-order valence-electron chi connectivity index (χ4n) is 2.12. The third-order valence-electron chi connectivity index (χ3n) is 3.39. The number of carbonyl (C=O) groups is 2. The first-order valence-electron chi connectivity index (χ1n) is 7.97. The summed E-state index contributed by atoms with van der Waals surface area (Å²) in [6.07, 6.45) is 0.852. The zero-order valence-corrected chi connectivity index (χ0v) is 16.3. The number of hydrogen-bond donors (Lipinski definition) is 3. The highest BCUT2D eigenvalue weighted by Gasteiger charge is 2.10. The molecule has 0 radical (unpaired) electrons. The number of halogens is 3. The van der Waals surface area contributed by atoms with Crippen LogP contribution in [0, 0.1) is 0 Å². The predicted molar refractivity (Wildman–Crippen MR) is 108 cm³/mol. The number of nitrogens with one attached hydrogen (secondary N) is 3. The van der Waals surface area contributed by atoms with Crippen molar-refractivity contribution in [2.45, 2.75) is 13.3 Å². The Labute approximate surface area is 167 Å². The molecule has 0 aliphatic heterocycles. The quantitative estimate of drug-likeness (QED) is 0.568. The highest BCUT2D eigenvalue weighted by Crippen LogP contribution is 2.32. The van der Waals surface area contributed by atoms with Crippen LogP contribution < -0.4 is 16.0 Å². The van der Waals surface area contributed by atoms with Crippen LogP contribution in [0.3, 0.4) is 0 Å². The Bertz CT molecular complexity index is 812. The van der Waals surface area contributed by atoms with Gasteiger partial charge in [-0.25, -0.2) is 0 Å². The Hall–Kier alpha value is -1.95. The van der Waals surface area contributed by atoms with E-state index in [9.17, 15) is 9.59 Å². The van der Waals surface area contributed by atoms with Gasteiger partial charge in [-0.15, -0.1) is 0 Å². The number of anilines is 2. The van der Waals surface area contributed by atoms with Gasteiger partial charge in [0.25, 0.3) is 5.91 Å². The molecule has 0 unspecified atom stereocenters. The van der Waals surface area contributed by atoms with Crippen molar-refractivity contribution in [1.29, 1.82) is 0 Å². The van der Waals surface area contributed by atoms with E-state index in [1.165, 1.54) is 6.07 Å². The topological polar surface area (TPSA) is 70.2 Å².